The highest BCUT2D eigenvalue weighted by molar-refractivity contribution is 5.89. The molecule has 0 aromatic heterocycles. The maximum atomic E-state index is 15.6. The topological polar surface area (TPSA) is 60.0 Å². The molecular weight excluding hydrogens is 502 g/mol. The SMILES string of the molecule is CCOc1cc(CN2CCC(F)(CNc3ccc(C(=O)OC)cc3)CC2)cc(OCC)c1-c1ccc(F)cc1. The zero-order valence-electron chi connectivity index (χ0n) is 22.8. The lowest BCUT2D eigenvalue weighted by atomic mass is 9.92. The molecule has 4 rings (SSSR count). The van der Waals surface area contributed by atoms with Crippen molar-refractivity contribution >= 4 is 11.7 Å². The van der Waals surface area contributed by atoms with Crippen LogP contribution in [0.5, 0.6) is 11.5 Å². The van der Waals surface area contributed by atoms with Crippen LogP contribution in [0.25, 0.3) is 11.1 Å². The third-order valence-electron chi connectivity index (χ3n) is 6.93. The van der Waals surface area contributed by atoms with Gasteiger partial charge in [-0.25, -0.2) is 13.6 Å². The van der Waals surface area contributed by atoms with Crippen molar-refractivity contribution in [3.63, 3.8) is 0 Å². The minimum absolute atomic E-state index is 0.202. The van der Waals surface area contributed by atoms with Gasteiger partial charge < -0.3 is 19.5 Å². The molecule has 1 fully saturated rings. The van der Waals surface area contributed by atoms with Gasteiger partial charge >= 0.3 is 5.97 Å². The number of halogens is 2. The standard InChI is InChI=1S/C31H36F2N2O4/c1-4-38-27-18-22(19-28(39-5-2)29(27)23-6-10-25(32)11-7-23)20-35-16-14-31(33,15-17-35)21-34-26-12-8-24(9-13-26)30(36)37-3/h6-13,18-19,34H,4-5,14-17,20-21H2,1-3H3. The van der Waals surface area contributed by atoms with E-state index < -0.39 is 11.6 Å². The van der Waals surface area contributed by atoms with Crippen LogP contribution in [0.2, 0.25) is 0 Å². The smallest absolute Gasteiger partial charge is 0.337 e. The van der Waals surface area contributed by atoms with Crippen molar-refractivity contribution in [2.45, 2.75) is 38.9 Å². The second kappa shape index (κ2) is 12.9. The Labute approximate surface area is 228 Å². The summed E-state index contributed by atoms with van der Waals surface area (Å²) in [6, 6.07) is 17.1. The summed E-state index contributed by atoms with van der Waals surface area (Å²) in [6.45, 7) is 6.89. The number of esters is 1. The van der Waals surface area contributed by atoms with E-state index in [1.165, 1.54) is 19.2 Å². The average Bonchev–Trinajstić information content (AvgIpc) is 2.94. The van der Waals surface area contributed by atoms with Crippen molar-refractivity contribution in [1.82, 2.24) is 4.90 Å². The highest BCUT2D eigenvalue weighted by Crippen LogP contribution is 2.40. The molecule has 1 aliphatic heterocycles. The number of piperidine rings is 1. The number of ether oxygens (including phenoxy) is 3. The van der Waals surface area contributed by atoms with Crippen LogP contribution in [0.3, 0.4) is 0 Å². The van der Waals surface area contributed by atoms with Crippen LogP contribution in [-0.2, 0) is 11.3 Å². The maximum absolute atomic E-state index is 15.6. The number of nitrogens with one attached hydrogen (secondary N) is 1. The van der Waals surface area contributed by atoms with Crippen LogP contribution in [0, 0.1) is 5.82 Å². The van der Waals surface area contributed by atoms with Gasteiger partial charge in [0.1, 0.15) is 23.0 Å². The van der Waals surface area contributed by atoms with Crippen LogP contribution in [0.4, 0.5) is 14.5 Å². The number of hydrogen-bond donors (Lipinski definition) is 1. The Hall–Kier alpha value is -3.65. The summed E-state index contributed by atoms with van der Waals surface area (Å²) in [5, 5.41) is 3.17. The number of benzene rings is 3. The Morgan fingerprint density at radius 2 is 1.54 bits per heavy atom. The quantitative estimate of drug-likeness (QED) is 0.282. The molecule has 8 heteroatoms. The number of carbonyl (C=O) groups is 1. The Morgan fingerprint density at radius 1 is 0.949 bits per heavy atom. The Balaban J connectivity index is 1.41. The lowest BCUT2D eigenvalue weighted by Gasteiger charge is -2.36. The number of hydrogen-bond acceptors (Lipinski definition) is 6. The van der Waals surface area contributed by atoms with Crippen molar-refractivity contribution < 1.29 is 27.8 Å². The molecule has 3 aromatic rings. The molecule has 39 heavy (non-hydrogen) atoms. The second-order valence-electron chi connectivity index (χ2n) is 9.69. The number of anilines is 1. The van der Waals surface area contributed by atoms with Crippen molar-refractivity contribution in [1.29, 1.82) is 0 Å². The second-order valence-corrected chi connectivity index (χ2v) is 9.69. The van der Waals surface area contributed by atoms with E-state index in [0.717, 1.165) is 22.4 Å². The largest absolute Gasteiger partial charge is 0.493 e. The van der Waals surface area contributed by atoms with Crippen LogP contribution in [-0.4, -0.2) is 56.5 Å². The van der Waals surface area contributed by atoms with Gasteiger partial charge in [0.05, 0.1) is 31.5 Å². The van der Waals surface area contributed by atoms with Gasteiger partial charge in [0.2, 0.25) is 0 Å². The first-order valence-corrected chi connectivity index (χ1v) is 13.4. The molecule has 0 amide bonds. The maximum Gasteiger partial charge on any atom is 0.337 e. The van der Waals surface area contributed by atoms with Crippen LogP contribution < -0.4 is 14.8 Å². The summed E-state index contributed by atoms with van der Waals surface area (Å²) < 4.78 is 45.8. The fraction of sp³-hybridized carbons (Fsp3) is 0.387. The first kappa shape index (κ1) is 28.4. The summed E-state index contributed by atoms with van der Waals surface area (Å²) in [5.41, 5.74) is 2.53. The molecule has 6 nitrogen and oxygen atoms in total. The van der Waals surface area contributed by atoms with Crippen LogP contribution >= 0.6 is 0 Å². The highest BCUT2D eigenvalue weighted by Gasteiger charge is 2.34. The monoisotopic (exact) mass is 538 g/mol. The zero-order valence-corrected chi connectivity index (χ0v) is 22.8. The van der Waals surface area contributed by atoms with E-state index in [1.807, 2.05) is 26.0 Å². The van der Waals surface area contributed by atoms with Gasteiger partial charge in [0.25, 0.3) is 0 Å². The van der Waals surface area contributed by atoms with E-state index in [4.69, 9.17) is 14.2 Å². The number of rotatable bonds is 11. The molecule has 1 N–H and O–H groups in total. The predicted molar refractivity (Wildman–Crippen MR) is 149 cm³/mol. The molecule has 0 saturated carbocycles. The molecule has 0 atom stereocenters. The number of methoxy groups -OCH3 is 1. The van der Waals surface area contributed by atoms with Gasteiger partial charge in [0.15, 0.2) is 0 Å². The van der Waals surface area contributed by atoms with Gasteiger partial charge in [-0.3, -0.25) is 4.90 Å². The molecule has 0 aliphatic carbocycles. The van der Waals surface area contributed by atoms with Crippen molar-refractivity contribution in [2.24, 2.45) is 0 Å². The zero-order chi connectivity index (χ0) is 27.8. The number of alkyl halides is 1. The van der Waals surface area contributed by atoms with Gasteiger partial charge in [-0.05, 0) is 86.3 Å². The van der Waals surface area contributed by atoms with E-state index in [9.17, 15) is 9.18 Å². The molecule has 0 unspecified atom stereocenters. The lowest BCUT2D eigenvalue weighted by molar-refractivity contribution is 0.0600. The van der Waals surface area contributed by atoms with Crippen molar-refractivity contribution in [3.05, 3.63) is 77.6 Å². The summed E-state index contributed by atoms with van der Waals surface area (Å²) >= 11 is 0. The number of likely N-dealkylation sites (tertiary alicyclic amines) is 1. The number of carbonyl (C=O) groups excluding carboxylic acids is 1. The average molecular weight is 539 g/mol. The van der Waals surface area contributed by atoms with E-state index in [2.05, 4.69) is 10.2 Å². The molecule has 3 aromatic carbocycles. The predicted octanol–water partition coefficient (Wildman–Crippen LogP) is 6.49. The fourth-order valence-corrected chi connectivity index (χ4v) is 4.82. The fourth-order valence-electron chi connectivity index (χ4n) is 4.82. The molecule has 1 aliphatic rings. The Kier molecular flexibility index (Phi) is 9.41. The van der Waals surface area contributed by atoms with Gasteiger partial charge in [-0.15, -0.1) is 0 Å². The summed E-state index contributed by atoms with van der Waals surface area (Å²) in [7, 11) is 1.34. The normalized spacial score (nSPS) is 15.0. The van der Waals surface area contributed by atoms with Crippen molar-refractivity contribution in [2.75, 3.05) is 45.3 Å². The molecule has 208 valence electrons. The lowest BCUT2D eigenvalue weighted by Crippen LogP contribution is -2.45. The van der Waals surface area contributed by atoms with E-state index in [1.54, 1.807) is 36.4 Å². The molecule has 0 bridgehead atoms. The van der Waals surface area contributed by atoms with Gasteiger partial charge in [-0.1, -0.05) is 12.1 Å². The first-order valence-electron chi connectivity index (χ1n) is 13.4. The van der Waals surface area contributed by atoms with Crippen LogP contribution in [0.15, 0.2) is 60.7 Å². The first-order chi connectivity index (χ1) is 18.8. The summed E-state index contributed by atoms with van der Waals surface area (Å²) in [5.74, 6) is 0.670. The van der Waals surface area contributed by atoms with Crippen LogP contribution in [0.1, 0.15) is 42.6 Å². The van der Waals surface area contributed by atoms with E-state index >= 15 is 4.39 Å². The third kappa shape index (κ3) is 7.26. The van der Waals surface area contributed by atoms with E-state index in [-0.39, 0.29) is 12.4 Å². The summed E-state index contributed by atoms with van der Waals surface area (Å²) in [6.07, 6.45) is 0.815. The summed E-state index contributed by atoms with van der Waals surface area (Å²) in [4.78, 5) is 13.8. The molecule has 1 heterocycles. The van der Waals surface area contributed by atoms with Gasteiger partial charge in [0, 0.05) is 31.9 Å². The molecular formula is C31H36F2N2O4. The Bertz CT molecular complexity index is 1210. The minimum atomic E-state index is -1.32. The van der Waals surface area contributed by atoms with Crippen molar-refractivity contribution in [3.8, 4) is 22.6 Å². The van der Waals surface area contributed by atoms with E-state index in [0.29, 0.717) is 62.8 Å². The molecule has 1 saturated heterocycles. The molecule has 0 spiro atoms. The van der Waals surface area contributed by atoms with Gasteiger partial charge in [-0.2, -0.15) is 0 Å². The highest BCUT2D eigenvalue weighted by atomic mass is 19.1. The number of nitrogens with zero attached hydrogens (tertiary/aromatic N) is 1. The molecule has 0 radical (unpaired) electrons. The Morgan fingerprint density at radius 3 is 2.08 bits per heavy atom. The third-order valence-corrected chi connectivity index (χ3v) is 6.93. The minimum Gasteiger partial charge on any atom is -0.493 e.